The van der Waals surface area contributed by atoms with Crippen LogP contribution < -0.4 is 0 Å². The molecule has 0 saturated carbocycles. The van der Waals surface area contributed by atoms with Gasteiger partial charge in [0.15, 0.2) is 0 Å². The van der Waals surface area contributed by atoms with Crippen LogP contribution in [-0.2, 0) is 19.7 Å². The fourth-order valence-electron chi connectivity index (χ4n) is 1.85. The van der Waals surface area contributed by atoms with Gasteiger partial charge in [0, 0.05) is 0 Å². The van der Waals surface area contributed by atoms with Crippen molar-refractivity contribution < 1.29 is 12.6 Å². The first-order chi connectivity index (χ1) is 9.31. The molecule has 116 valence electrons. The minimum Gasteiger partial charge on any atom is -0.268 e. The molecule has 0 saturated heterocycles. The van der Waals surface area contributed by atoms with Crippen LogP contribution in [0.15, 0.2) is 0 Å². The second-order valence-electron chi connectivity index (χ2n) is 5.03. The van der Waals surface area contributed by atoms with Crippen molar-refractivity contribution in [1.82, 2.24) is 0 Å². The lowest BCUT2D eigenvalue weighted by Crippen LogP contribution is -2.04. The van der Waals surface area contributed by atoms with Gasteiger partial charge in [0.05, 0.1) is 13.2 Å². The average molecular weight is 292 g/mol. The summed E-state index contributed by atoms with van der Waals surface area (Å²) in [7, 11) is 0. The van der Waals surface area contributed by atoms with Crippen molar-refractivity contribution in [3.8, 4) is 0 Å². The zero-order valence-corrected chi connectivity index (χ0v) is 13.6. The summed E-state index contributed by atoms with van der Waals surface area (Å²) in [6.45, 7) is 5.40. The highest BCUT2D eigenvalue weighted by atomic mass is 32.2. The third kappa shape index (κ3) is 16.0. The van der Waals surface area contributed by atoms with E-state index >= 15 is 0 Å². The van der Waals surface area contributed by atoms with E-state index in [2.05, 4.69) is 13.8 Å². The highest BCUT2D eigenvalue weighted by Gasteiger charge is 2.00. The predicted octanol–water partition coefficient (Wildman–Crippen LogP) is 4.93. The Morgan fingerprint density at radius 3 is 1.58 bits per heavy atom. The molecule has 19 heavy (non-hydrogen) atoms. The maximum atomic E-state index is 11.2. The summed E-state index contributed by atoms with van der Waals surface area (Å²) >= 11 is -1.53. The van der Waals surface area contributed by atoms with Gasteiger partial charge in [-0.05, 0) is 12.8 Å². The summed E-state index contributed by atoms with van der Waals surface area (Å²) in [4.78, 5) is 0. The van der Waals surface area contributed by atoms with Gasteiger partial charge >= 0.3 is 11.4 Å². The lowest BCUT2D eigenvalue weighted by molar-refractivity contribution is 0.242. The van der Waals surface area contributed by atoms with E-state index in [1.54, 1.807) is 0 Å². The summed E-state index contributed by atoms with van der Waals surface area (Å²) in [5, 5.41) is 0. The molecule has 0 aliphatic rings. The minimum absolute atomic E-state index is 0.529. The van der Waals surface area contributed by atoms with E-state index in [0.29, 0.717) is 13.2 Å². The molecule has 1 unspecified atom stereocenters. The van der Waals surface area contributed by atoms with Gasteiger partial charge in [0.25, 0.3) is 0 Å². The van der Waals surface area contributed by atoms with Gasteiger partial charge in [0.1, 0.15) is 0 Å². The van der Waals surface area contributed by atoms with E-state index in [-0.39, 0.29) is 0 Å². The van der Waals surface area contributed by atoms with Crippen LogP contribution >= 0.6 is 0 Å². The predicted molar refractivity (Wildman–Crippen MR) is 82.2 cm³/mol. The van der Waals surface area contributed by atoms with Crippen LogP contribution in [0.5, 0.6) is 0 Å². The van der Waals surface area contributed by atoms with E-state index < -0.39 is 11.4 Å². The molecule has 0 N–H and O–H groups in total. The monoisotopic (exact) mass is 292 g/mol. The molecule has 0 aromatic rings. The molecule has 3 nitrogen and oxygen atoms in total. The van der Waals surface area contributed by atoms with Crippen molar-refractivity contribution in [2.24, 2.45) is 0 Å². The third-order valence-corrected chi connectivity index (χ3v) is 3.82. The molecule has 0 heterocycles. The highest BCUT2D eigenvalue weighted by Crippen LogP contribution is 2.09. The summed E-state index contributed by atoms with van der Waals surface area (Å²) < 4.78 is 21.3. The molecule has 4 heteroatoms. The van der Waals surface area contributed by atoms with Crippen LogP contribution in [-0.4, -0.2) is 17.4 Å². The Hall–Kier alpha value is 0.0700. The normalized spacial score (nSPS) is 12.7. The fraction of sp³-hybridized carbons (Fsp3) is 1.00. The summed E-state index contributed by atoms with van der Waals surface area (Å²) in [5.74, 6) is 0. The molecular formula is C15H32O3S. The SMILES string of the molecule is CCCCCCCCCCCOS(=O)OCCCC. The van der Waals surface area contributed by atoms with Gasteiger partial charge in [-0.15, -0.1) is 0 Å². The molecule has 1 atom stereocenters. The van der Waals surface area contributed by atoms with Gasteiger partial charge in [-0.2, -0.15) is 4.21 Å². The largest absolute Gasteiger partial charge is 0.304 e. The number of hydrogen-bond acceptors (Lipinski definition) is 3. The molecule has 0 aromatic carbocycles. The van der Waals surface area contributed by atoms with Crippen molar-refractivity contribution in [1.29, 1.82) is 0 Å². The standard InChI is InChI=1S/C15H32O3S/c1-3-5-7-8-9-10-11-12-13-15-18-19(16)17-14-6-4-2/h3-15H2,1-2H3. The average Bonchev–Trinajstić information content (AvgIpc) is 2.41. The molecule has 0 amide bonds. The number of rotatable bonds is 15. The van der Waals surface area contributed by atoms with Crippen LogP contribution in [0.3, 0.4) is 0 Å². The Balaban J connectivity index is 3.07. The van der Waals surface area contributed by atoms with Crippen LogP contribution in [0.1, 0.15) is 84.5 Å². The van der Waals surface area contributed by atoms with E-state index in [1.165, 1.54) is 51.4 Å². The van der Waals surface area contributed by atoms with Crippen molar-refractivity contribution in [3.05, 3.63) is 0 Å². The molecule has 0 bridgehead atoms. The number of hydrogen-bond donors (Lipinski definition) is 0. The Labute approximate surface area is 122 Å². The molecule has 0 spiro atoms. The molecule has 0 radical (unpaired) electrons. The first-order valence-electron chi connectivity index (χ1n) is 7.99. The quantitative estimate of drug-likeness (QED) is 0.401. The van der Waals surface area contributed by atoms with Gasteiger partial charge in [-0.1, -0.05) is 71.6 Å². The van der Waals surface area contributed by atoms with Gasteiger partial charge in [-0.3, -0.25) is 8.37 Å². The van der Waals surface area contributed by atoms with E-state index in [1.807, 2.05) is 0 Å². The molecular weight excluding hydrogens is 260 g/mol. The smallest absolute Gasteiger partial charge is 0.268 e. The van der Waals surface area contributed by atoms with Gasteiger partial charge in [0.2, 0.25) is 0 Å². The lowest BCUT2D eigenvalue weighted by atomic mass is 10.1. The Morgan fingerprint density at radius 1 is 0.632 bits per heavy atom. The van der Waals surface area contributed by atoms with E-state index in [0.717, 1.165) is 19.3 Å². The van der Waals surface area contributed by atoms with Crippen LogP contribution in [0.25, 0.3) is 0 Å². The summed E-state index contributed by atoms with van der Waals surface area (Å²) in [6, 6.07) is 0. The molecule has 0 aliphatic heterocycles. The van der Waals surface area contributed by atoms with Gasteiger partial charge < -0.3 is 0 Å². The van der Waals surface area contributed by atoms with Gasteiger partial charge in [-0.25, -0.2) is 0 Å². The van der Waals surface area contributed by atoms with Crippen molar-refractivity contribution in [3.63, 3.8) is 0 Å². The van der Waals surface area contributed by atoms with Crippen molar-refractivity contribution in [2.45, 2.75) is 84.5 Å². The zero-order valence-electron chi connectivity index (χ0n) is 12.8. The molecule has 0 aliphatic carbocycles. The molecule has 0 aromatic heterocycles. The highest BCUT2D eigenvalue weighted by molar-refractivity contribution is 7.75. The van der Waals surface area contributed by atoms with E-state index in [9.17, 15) is 4.21 Å². The Morgan fingerprint density at radius 2 is 1.05 bits per heavy atom. The second kappa shape index (κ2) is 16.1. The topological polar surface area (TPSA) is 35.5 Å². The third-order valence-electron chi connectivity index (χ3n) is 3.10. The second-order valence-corrected chi connectivity index (χ2v) is 5.91. The maximum Gasteiger partial charge on any atom is 0.304 e. The molecule has 0 fully saturated rings. The first kappa shape index (κ1) is 19.1. The Bertz CT molecular complexity index is 198. The number of unbranched alkanes of at least 4 members (excludes halogenated alkanes) is 9. The van der Waals surface area contributed by atoms with E-state index in [4.69, 9.17) is 8.37 Å². The van der Waals surface area contributed by atoms with Crippen LogP contribution in [0.2, 0.25) is 0 Å². The fourth-order valence-corrected chi connectivity index (χ4v) is 2.42. The summed E-state index contributed by atoms with van der Waals surface area (Å²) in [6.07, 6.45) is 13.5. The lowest BCUT2D eigenvalue weighted by Gasteiger charge is -2.04. The van der Waals surface area contributed by atoms with Crippen molar-refractivity contribution in [2.75, 3.05) is 13.2 Å². The zero-order chi connectivity index (χ0) is 14.2. The van der Waals surface area contributed by atoms with Crippen LogP contribution in [0, 0.1) is 0 Å². The summed E-state index contributed by atoms with van der Waals surface area (Å²) in [5.41, 5.74) is 0. The Kier molecular flexibility index (Phi) is 16.2. The minimum atomic E-state index is -1.53. The maximum absolute atomic E-state index is 11.2. The van der Waals surface area contributed by atoms with Crippen LogP contribution in [0.4, 0.5) is 0 Å². The van der Waals surface area contributed by atoms with Crippen molar-refractivity contribution >= 4 is 11.4 Å². The molecule has 0 rings (SSSR count). The first-order valence-corrected chi connectivity index (χ1v) is 8.99.